The number of aromatic nitrogens is 2. The highest BCUT2D eigenvalue weighted by molar-refractivity contribution is 7.80. The molecule has 0 spiro atoms. The monoisotopic (exact) mass is 618 g/mol. The normalized spacial score (nSPS) is 16.5. The third kappa shape index (κ3) is 7.96. The number of halogens is 3. The molecule has 1 fully saturated rings. The number of fused-ring (bicyclic) bond motifs is 1. The summed E-state index contributed by atoms with van der Waals surface area (Å²) in [5.41, 5.74) is 3.12. The van der Waals surface area contributed by atoms with Gasteiger partial charge in [-0.2, -0.15) is 13.2 Å². The van der Waals surface area contributed by atoms with E-state index < -0.39 is 17.5 Å². The molecule has 230 valence electrons. The van der Waals surface area contributed by atoms with Crippen molar-refractivity contribution in [2.45, 2.75) is 56.0 Å². The van der Waals surface area contributed by atoms with E-state index in [1.807, 2.05) is 42.5 Å². The number of aliphatic carboxylic acids is 1. The number of carbonyl (C=O) groups excluding carboxylic acids is 1. The lowest BCUT2D eigenvalue weighted by Crippen LogP contribution is -2.44. The molecule has 13 heteroatoms. The van der Waals surface area contributed by atoms with Crippen molar-refractivity contribution in [1.29, 1.82) is 0 Å². The van der Waals surface area contributed by atoms with E-state index in [0.717, 1.165) is 55.0 Å². The standard InChI is InChI=1S/C28H32N4O3S.C2HF3O2/c33-22-11-9-19(10-12-22)13-16-29-17-14-24(34)31-18-15-23-25(28(31)36)27(35)32(21-7-2-1-3-8-21)26(30-23)20-5-4-6-20;3-2(4,5)1(6)7/h1-3,7-12,20,28-29,33,36H,4-6,13-18H2;(H,6,7). The highest BCUT2D eigenvalue weighted by atomic mass is 32.1. The van der Waals surface area contributed by atoms with Crippen molar-refractivity contribution in [2.24, 2.45) is 0 Å². The summed E-state index contributed by atoms with van der Waals surface area (Å²) in [7, 11) is 0. The Kier molecular flexibility index (Phi) is 10.5. The number of phenolic OH excluding ortho intramolecular Hbond substituents is 1. The van der Waals surface area contributed by atoms with Gasteiger partial charge in [0, 0.05) is 31.8 Å². The second-order valence-electron chi connectivity index (χ2n) is 10.4. The minimum absolute atomic E-state index is 0.0217. The summed E-state index contributed by atoms with van der Waals surface area (Å²) in [5.74, 6) is -1.38. The Balaban J connectivity index is 0.000000541. The van der Waals surface area contributed by atoms with Gasteiger partial charge < -0.3 is 20.4 Å². The molecule has 1 aliphatic carbocycles. The first kappa shape index (κ1) is 32.1. The minimum atomic E-state index is -5.08. The number of phenols is 1. The van der Waals surface area contributed by atoms with Gasteiger partial charge in [-0.15, -0.1) is 12.6 Å². The fraction of sp³-hybridized carbons (Fsp3) is 0.400. The van der Waals surface area contributed by atoms with Gasteiger partial charge in [-0.25, -0.2) is 9.78 Å². The largest absolute Gasteiger partial charge is 0.508 e. The number of amides is 1. The van der Waals surface area contributed by atoms with Crippen LogP contribution >= 0.6 is 12.6 Å². The van der Waals surface area contributed by atoms with Crippen LogP contribution in [-0.4, -0.2) is 62.4 Å². The predicted octanol–water partition coefficient (Wildman–Crippen LogP) is 4.37. The molecule has 2 aromatic carbocycles. The van der Waals surface area contributed by atoms with Crippen LogP contribution in [0.1, 0.15) is 59.6 Å². The first-order valence-corrected chi connectivity index (χ1v) is 14.5. The zero-order valence-electron chi connectivity index (χ0n) is 23.3. The number of carbonyl (C=O) groups is 2. The molecule has 0 bridgehead atoms. The second-order valence-corrected chi connectivity index (χ2v) is 10.9. The van der Waals surface area contributed by atoms with Crippen LogP contribution in [0.2, 0.25) is 0 Å². The molecule has 1 unspecified atom stereocenters. The molecule has 5 rings (SSSR count). The number of nitrogens with zero attached hydrogens (tertiary/aromatic N) is 3. The van der Waals surface area contributed by atoms with E-state index in [4.69, 9.17) is 27.5 Å². The van der Waals surface area contributed by atoms with Crippen LogP contribution in [0.25, 0.3) is 5.69 Å². The summed E-state index contributed by atoms with van der Waals surface area (Å²) in [5, 5.41) is 19.2. The van der Waals surface area contributed by atoms with Crippen LogP contribution in [0.4, 0.5) is 13.2 Å². The summed E-state index contributed by atoms with van der Waals surface area (Å²) in [4.78, 5) is 42.5. The maximum Gasteiger partial charge on any atom is 0.490 e. The van der Waals surface area contributed by atoms with E-state index in [1.54, 1.807) is 21.6 Å². The number of alkyl halides is 3. The summed E-state index contributed by atoms with van der Waals surface area (Å²) in [6.45, 7) is 1.80. The zero-order chi connectivity index (χ0) is 31.1. The zero-order valence-corrected chi connectivity index (χ0v) is 24.2. The van der Waals surface area contributed by atoms with Crippen LogP contribution in [-0.2, 0) is 22.4 Å². The molecule has 2 heterocycles. The minimum Gasteiger partial charge on any atom is -0.508 e. The summed E-state index contributed by atoms with van der Waals surface area (Å²) in [6, 6.07) is 16.8. The van der Waals surface area contributed by atoms with Gasteiger partial charge in [-0.3, -0.25) is 14.2 Å². The van der Waals surface area contributed by atoms with Crippen LogP contribution in [0.3, 0.4) is 0 Å². The Hall–Kier alpha value is -3.84. The first-order chi connectivity index (χ1) is 20.5. The molecule has 0 radical (unpaired) electrons. The van der Waals surface area contributed by atoms with E-state index in [9.17, 15) is 27.9 Å². The molecular formula is C30H33F3N4O5S. The molecule has 3 N–H and O–H groups in total. The fourth-order valence-corrected chi connectivity index (χ4v) is 5.44. The third-order valence-electron chi connectivity index (χ3n) is 7.46. The molecule has 1 aliphatic heterocycles. The number of carboxylic acid groups (broad SMARTS) is 1. The van der Waals surface area contributed by atoms with Gasteiger partial charge in [0.15, 0.2) is 0 Å². The molecule has 0 saturated heterocycles. The van der Waals surface area contributed by atoms with Gasteiger partial charge in [0.25, 0.3) is 5.56 Å². The number of aromatic hydroxyl groups is 1. The van der Waals surface area contributed by atoms with Gasteiger partial charge in [0.1, 0.15) is 16.9 Å². The van der Waals surface area contributed by atoms with Gasteiger partial charge in [0.05, 0.1) is 16.9 Å². The highest BCUT2D eigenvalue weighted by Gasteiger charge is 2.38. The summed E-state index contributed by atoms with van der Waals surface area (Å²) < 4.78 is 33.5. The molecule has 1 atom stereocenters. The van der Waals surface area contributed by atoms with Crippen molar-refractivity contribution >= 4 is 24.5 Å². The Morgan fingerprint density at radius 2 is 1.70 bits per heavy atom. The van der Waals surface area contributed by atoms with Crippen LogP contribution in [0.5, 0.6) is 5.75 Å². The third-order valence-corrected chi connectivity index (χ3v) is 7.99. The number of para-hydroxylation sites is 1. The van der Waals surface area contributed by atoms with Gasteiger partial charge in [-0.05, 0) is 55.6 Å². The number of nitrogens with one attached hydrogen (secondary N) is 1. The number of hydrogen-bond donors (Lipinski definition) is 4. The van der Waals surface area contributed by atoms with Crippen LogP contribution in [0, 0.1) is 0 Å². The topological polar surface area (TPSA) is 125 Å². The van der Waals surface area contributed by atoms with E-state index in [0.29, 0.717) is 37.4 Å². The van der Waals surface area contributed by atoms with E-state index >= 15 is 0 Å². The van der Waals surface area contributed by atoms with E-state index in [2.05, 4.69) is 5.32 Å². The molecule has 1 saturated carbocycles. The molecule has 9 nitrogen and oxygen atoms in total. The lowest BCUT2D eigenvalue weighted by molar-refractivity contribution is -0.192. The Labute approximate surface area is 251 Å². The smallest absolute Gasteiger partial charge is 0.490 e. The maximum absolute atomic E-state index is 13.8. The Morgan fingerprint density at radius 1 is 1.05 bits per heavy atom. The molecule has 43 heavy (non-hydrogen) atoms. The van der Waals surface area contributed by atoms with Crippen LogP contribution in [0.15, 0.2) is 59.4 Å². The average Bonchev–Trinajstić information content (AvgIpc) is 2.93. The lowest BCUT2D eigenvalue weighted by atomic mass is 9.84. The van der Waals surface area contributed by atoms with Gasteiger partial charge in [-0.1, -0.05) is 36.8 Å². The molecule has 2 aliphatic rings. The van der Waals surface area contributed by atoms with Crippen molar-refractivity contribution in [3.63, 3.8) is 0 Å². The van der Waals surface area contributed by atoms with Crippen molar-refractivity contribution < 1.29 is 33.0 Å². The Bertz CT molecular complexity index is 1480. The summed E-state index contributed by atoms with van der Waals surface area (Å²) >= 11 is 4.76. The van der Waals surface area contributed by atoms with Crippen LogP contribution < -0.4 is 10.9 Å². The van der Waals surface area contributed by atoms with E-state index in [-0.39, 0.29) is 17.2 Å². The SMILES string of the molecule is O=C(CCNCCc1ccc(O)cc1)N1CCc2nc(C3CCC3)n(-c3ccccc3)c(=O)c2C1S.O=C(O)C(F)(F)F. The average molecular weight is 619 g/mol. The van der Waals surface area contributed by atoms with Crippen molar-refractivity contribution in [1.82, 2.24) is 19.8 Å². The number of thiol groups is 1. The van der Waals surface area contributed by atoms with Crippen molar-refractivity contribution in [2.75, 3.05) is 19.6 Å². The molecule has 1 amide bonds. The number of carboxylic acids is 1. The maximum atomic E-state index is 13.8. The quantitative estimate of drug-likeness (QED) is 0.218. The predicted molar refractivity (Wildman–Crippen MR) is 157 cm³/mol. The Morgan fingerprint density at radius 3 is 2.28 bits per heavy atom. The first-order valence-electron chi connectivity index (χ1n) is 13.9. The number of rotatable bonds is 8. The summed E-state index contributed by atoms with van der Waals surface area (Å²) in [6.07, 6.45) is -0.111. The van der Waals surface area contributed by atoms with E-state index in [1.165, 1.54) is 0 Å². The fourth-order valence-electron chi connectivity index (χ4n) is 4.94. The van der Waals surface area contributed by atoms with Crippen molar-refractivity contribution in [3.05, 3.63) is 87.6 Å². The van der Waals surface area contributed by atoms with Gasteiger partial charge >= 0.3 is 12.1 Å². The molecular weight excluding hydrogens is 585 g/mol. The second kappa shape index (κ2) is 14.1. The van der Waals surface area contributed by atoms with Gasteiger partial charge in [0.2, 0.25) is 5.91 Å². The lowest BCUT2D eigenvalue weighted by Gasteiger charge is -2.35. The number of hydrogen-bond acceptors (Lipinski definition) is 7. The highest BCUT2D eigenvalue weighted by Crippen LogP contribution is 2.38. The molecule has 1 aromatic heterocycles. The van der Waals surface area contributed by atoms with Crippen molar-refractivity contribution in [3.8, 4) is 11.4 Å². The number of benzene rings is 2. The molecule has 3 aromatic rings.